The Labute approximate surface area is 175 Å². The van der Waals surface area contributed by atoms with E-state index in [0.29, 0.717) is 12.5 Å². The van der Waals surface area contributed by atoms with Gasteiger partial charge in [0.15, 0.2) is 5.82 Å². The minimum atomic E-state index is 0.550. The van der Waals surface area contributed by atoms with E-state index in [9.17, 15) is 0 Å². The topological polar surface area (TPSA) is 63.6 Å². The number of hydrogen-bond donors (Lipinski definition) is 0. The van der Waals surface area contributed by atoms with Crippen LogP contribution < -0.4 is 14.4 Å². The van der Waals surface area contributed by atoms with Crippen molar-refractivity contribution < 1.29 is 9.47 Å². The zero-order valence-corrected chi connectivity index (χ0v) is 17.6. The van der Waals surface area contributed by atoms with E-state index in [0.717, 1.165) is 60.6 Å². The fraction of sp³-hybridized carbons (Fsp3) is 0.381. The minimum absolute atomic E-state index is 0.550. The molecule has 3 heterocycles. The van der Waals surface area contributed by atoms with Crippen molar-refractivity contribution in [1.82, 2.24) is 19.9 Å². The van der Waals surface area contributed by atoms with Crippen molar-refractivity contribution >= 4 is 17.2 Å². The summed E-state index contributed by atoms with van der Waals surface area (Å²) in [7, 11) is 1.61. The van der Waals surface area contributed by atoms with Gasteiger partial charge in [-0.3, -0.25) is 9.88 Å². The van der Waals surface area contributed by atoms with E-state index < -0.39 is 0 Å². The standard InChI is InChI=1S/C21H25N5O2S/c1-3-28-18-6-4-16(5-7-18)21-23-17(15-29-21)14-25-8-10-26(11-9-25)19-12-22-13-20(24-19)27-2/h4-7,12-13,15H,3,8-11,14H2,1-2H3. The number of anilines is 1. The van der Waals surface area contributed by atoms with Gasteiger partial charge in [0.2, 0.25) is 5.88 Å². The highest BCUT2D eigenvalue weighted by molar-refractivity contribution is 7.13. The summed E-state index contributed by atoms with van der Waals surface area (Å²) in [5.41, 5.74) is 2.25. The molecule has 0 unspecified atom stereocenters. The number of hydrogen-bond acceptors (Lipinski definition) is 8. The van der Waals surface area contributed by atoms with Gasteiger partial charge in [-0.2, -0.15) is 4.98 Å². The van der Waals surface area contributed by atoms with Crippen LogP contribution in [0, 0.1) is 0 Å². The average molecular weight is 412 g/mol. The third kappa shape index (κ3) is 4.83. The predicted molar refractivity (Wildman–Crippen MR) is 115 cm³/mol. The molecule has 0 saturated carbocycles. The number of nitrogens with zero attached hydrogens (tertiary/aromatic N) is 5. The highest BCUT2D eigenvalue weighted by atomic mass is 32.1. The third-order valence-corrected chi connectivity index (χ3v) is 5.79. The SMILES string of the molecule is CCOc1ccc(-c2nc(CN3CCN(c4cncc(OC)n4)CC3)cs2)cc1. The molecule has 1 aliphatic heterocycles. The molecule has 0 aliphatic carbocycles. The maximum Gasteiger partial charge on any atom is 0.233 e. The average Bonchev–Trinajstić information content (AvgIpc) is 3.23. The number of methoxy groups -OCH3 is 1. The molecule has 3 aromatic rings. The molecule has 0 radical (unpaired) electrons. The Morgan fingerprint density at radius 1 is 1.03 bits per heavy atom. The second-order valence-electron chi connectivity index (χ2n) is 6.78. The second-order valence-corrected chi connectivity index (χ2v) is 7.64. The second kappa shape index (κ2) is 9.19. The van der Waals surface area contributed by atoms with Crippen molar-refractivity contribution in [3.05, 3.63) is 47.7 Å². The van der Waals surface area contributed by atoms with Crippen LogP contribution in [0.2, 0.25) is 0 Å². The van der Waals surface area contributed by atoms with Crippen LogP contribution in [0.4, 0.5) is 5.82 Å². The molecule has 1 aromatic carbocycles. The van der Waals surface area contributed by atoms with Gasteiger partial charge in [-0.25, -0.2) is 4.98 Å². The lowest BCUT2D eigenvalue weighted by molar-refractivity contribution is 0.247. The summed E-state index contributed by atoms with van der Waals surface area (Å²) in [6.45, 7) is 7.30. The van der Waals surface area contributed by atoms with Gasteiger partial charge in [-0.1, -0.05) is 0 Å². The van der Waals surface area contributed by atoms with Crippen molar-refractivity contribution in [2.45, 2.75) is 13.5 Å². The van der Waals surface area contributed by atoms with E-state index in [1.54, 1.807) is 30.8 Å². The van der Waals surface area contributed by atoms with E-state index in [-0.39, 0.29) is 0 Å². The van der Waals surface area contributed by atoms with Gasteiger partial charge in [-0.05, 0) is 31.2 Å². The first-order valence-corrected chi connectivity index (χ1v) is 10.6. The Hall–Kier alpha value is -2.71. The van der Waals surface area contributed by atoms with Crippen molar-refractivity contribution in [1.29, 1.82) is 0 Å². The van der Waals surface area contributed by atoms with Crippen LogP contribution in [-0.2, 0) is 6.54 Å². The van der Waals surface area contributed by atoms with Gasteiger partial charge < -0.3 is 14.4 Å². The first kappa shape index (κ1) is 19.6. The minimum Gasteiger partial charge on any atom is -0.494 e. The number of rotatable bonds is 7. The number of piperazine rings is 1. The van der Waals surface area contributed by atoms with E-state index in [1.165, 1.54) is 0 Å². The number of thiazole rings is 1. The molecule has 0 amide bonds. The largest absolute Gasteiger partial charge is 0.494 e. The molecule has 29 heavy (non-hydrogen) atoms. The highest BCUT2D eigenvalue weighted by Crippen LogP contribution is 2.26. The highest BCUT2D eigenvalue weighted by Gasteiger charge is 2.19. The summed E-state index contributed by atoms with van der Waals surface area (Å²) >= 11 is 1.69. The molecular formula is C21H25N5O2S. The Kier molecular flexibility index (Phi) is 6.21. The van der Waals surface area contributed by atoms with Crippen molar-refractivity contribution in [2.75, 3.05) is 44.8 Å². The molecule has 1 aliphatic rings. The van der Waals surface area contributed by atoms with Gasteiger partial charge in [0, 0.05) is 43.7 Å². The lowest BCUT2D eigenvalue weighted by Crippen LogP contribution is -2.46. The predicted octanol–water partition coefficient (Wildman–Crippen LogP) is 3.33. The molecule has 0 N–H and O–H groups in total. The summed E-state index contributed by atoms with van der Waals surface area (Å²) in [5, 5.41) is 3.21. The van der Waals surface area contributed by atoms with E-state index >= 15 is 0 Å². The van der Waals surface area contributed by atoms with Crippen LogP contribution in [0.15, 0.2) is 42.0 Å². The van der Waals surface area contributed by atoms with Crippen molar-refractivity contribution in [2.24, 2.45) is 0 Å². The zero-order chi connectivity index (χ0) is 20.1. The fourth-order valence-corrected chi connectivity index (χ4v) is 4.14. The number of benzene rings is 1. The smallest absolute Gasteiger partial charge is 0.233 e. The van der Waals surface area contributed by atoms with E-state index in [2.05, 4.69) is 37.3 Å². The molecule has 152 valence electrons. The van der Waals surface area contributed by atoms with Crippen LogP contribution in [0.3, 0.4) is 0 Å². The Morgan fingerprint density at radius 3 is 2.55 bits per heavy atom. The maximum absolute atomic E-state index is 5.51. The molecule has 4 rings (SSSR count). The first-order valence-electron chi connectivity index (χ1n) is 9.76. The van der Waals surface area contributed by atoms with Gasteiger partial charge in [0.05, 0.1) is 31.8 Å². The summed E-state index contributed by atoms with van der Waals surface area (Å²) in [5.74, 6) is 2.32. The number of aromatic nitrogens is 3. The lowest BCUT2D eigenvalue weighted by Gasteiger charge is -2.34. The van der Waals surface area contributed by atoms with Gasteiger partial charge in [-0.15, -0.1) is 11.3 Å². The lowest BCUT2D eigenvalue weighted by atomic mass is 10.2. The molecule has 0 spiro atoms. The van der Waals surface area contributed by atoms with Gasteiger partial charge in [0.25, 0.3) is 0 Å². The van der Waals surface area contributed by atoms with Crippen LogP contribution >= 0.6 is 11.3 Å². The summed E-state index contributed by atoms with van der Waals surface area (Å²) in [4.78, 5) is 18.2. The fourth-order valence-electron chi connectivity index (χ4n) is 3.33. The van der Waals surface area contributed by atoms with Crippen molar-refractivity contribution in [3.63, 3.8) is 0 Å². The zero-order valence-electron chi connectivity index (χ0n) is 16.7. The molecule has 8 heteroatoms. The van der Waals surface area contributed by atoms with E-state index in [4.69, 9.17) is 14.5 Å². The molecule has 7 nitrogen and oxygen atoms in total. The normalized spacial score (nSPS) is 14.8. The number of ether oxygens (including phenoxy) is 2. The van der Waals surface area contributed by atoms with Crippen LogP contribution in [0.5, 0.6) is 11.6 Å². The van der Waals surface area contributed by atoms with Gasteiger partial charge in [0.1, 0.15) is 10.8 Å². The monoisotopic (exact) mass is 411 g/mol. The Balaban J connectivity index is 1.33. The van der Waals surface area contributed by atoms with E-state index in [1.807, 2.05) is 19.1 Å². The van der Waals surface area contributed by atoms with Crippen molar-refractivity contribution in [3.8, 4) is 22.2 Å². The molecule has 2 aromatic heterocycles. The molecule has 0 bridgehead atoms. The summed E-state index contributed by atoms with van der Waals surface area (Å²) in [6.07, 6.45) is 3.42. The molecule has 1 saturated heterocycles. The maximum atomic E-state index is 5.51. The van der Waals surface area contributed by atoms with Crippen LogP contribution in [-0.4, -0.2) is 59.7 Å². The first-order chi connectivity index (χ1) is 14.2. The summed E-state index contributed by atoms with van der Waals surface area (Å²) < 4.78 is 10.7. The van der Waals surface area contributed by atoms with Crippen LogP contribution in [0.25, 0.3) is 10.6 Å². The van der Waals surface area contributed by atoms with Gasteiger partial charge >= 0.3 is 0 Å². The quantitative estimate of drug-likeness (QED) is 0.591. The molecular weight excluding hydrogens is 386 g/mol. The Bertz CT molecular complexity index is 923. The Morgan fingerprint density at radius 2 is 1.83 bits per heavy atom. The molecule has 0 atom stereocenters. The summed E-state index contributed by atoms with van der Waals surface area (Å²) in [6, 6.07) is 8.14. The van der Waals surface area contributed by atoms with Crippen LogP contribution in [0.1, 0.15) is 12.6 Å². The molecule has 1 fully saturated rings. The third-order valence-electron chi connectivity index (χ3n) is 4.85.